The van der Waals surface area contributed by atoms with E-state index in [-0.39, 0.29) is 18.0 Å². The van der Waals surface area contributed by atoms with Gasteiger partial charge in [-0.05, 0) is 36.2 Å². The maximum atomic E-state index is 12.9. The summed E-state index contributed by atoms with van der Waals surface area (Å²) in [5.74, 6) is -2.27. The lowest BCUT2D eigenvalue weighted by Gasteiger charge is -2.51. The zero-order valence-corrected chi connectivity index (χ0v) is 19.9. The lowest BCUT2D eigenvalue weighted by molar-refractivity contribution is -0.384. The molecule has 0 aromatic heterocycles. The Bertz CT molecular complexity index is 1220. The van der Waals surface area contributed by atoms with E-state index >= 15 is 0 Å². The fraction of sp³-hybridized carbons (Fsp3) is 0.261. The molecule has 0 saturated carbocycles. The van der Waals surface area contributed by atoms with Crippen LogP contribution in [0.25, 0.3) is 0 Å². The highest BCUT2D eigenvalue weighted by atomic mass is 35.5. The Labute approximate surface area is 209 Å². The molecular weight excluding hydrogens is 498 g/mol. The van der Waals surface area contributed by atoms with Crippen molar-refractivity contribution in [1.29, 1.82) is 0 Å². The number of halogens is 1. The fourth-order valence-corrected chi connectivity index (χ4v) is 5.82. The van der Waals surface area contributed by atoms with E-state index in [1.165, 1.54) is 48.0 Å². The summed E-state index contributed by atoms with van der Waals surface area (Å²) in [5, 5.41) is 23.0. The minimum absolute atomic E-state index is 0.00934. The largest absolute Gasteiger partial charge is 0.477 e. The number of β-lactam (4-membered cyclic amide) rings is 1. The lowest BCUT2D eigenvalue weighted by Crippen LogP contribution is -2.71. The number of carbonyl (C=O) groups is 3. The maximum Gasteiger partial charge on any atom is 0.352 e. The Morgan fingerprint density at radius 2 is 1.86 bits per heavy atom. The van der Waals surface area contributed by atoms with E-state index in [2.05, 4.69) is 5.32 Å². The van der Waals surface area contributed by atoms with Crippen LogP contribution in [0.4, 0.5) is 5.69 Å². The van der Waals surface area contributed by atoms with Crippen LogP contribution >= 0.6 is 23.4 Å². The van der Waals surface area contributed by atoms with Crippen LogP contribution < -0.4 is 5.32 Å². The molecule has 2 aliphatic rings. The lowest BCUT2D eigenvalue weighted by atomic mass is 9.97. The highest BCUT2D eigenvalue weighted by Gasteiger charge is 2.56. The number of aliphatic carboxylic acids is 1. The molecule has 2 heterocycles. The molecule has 10 nitrogen and oxygen atoms in total. The van der Waals surface area contributed by atoms with Gasteiger partial charge in [0, 0.05) is 40.7 Å². The number of nitrogens with zero attached hydrogens (tertiary/aromatic N) is 2. The molecule has 0 spiro atoms. The van der Waals surface area contributed by atoms with Crippen molar-refractivity contribution < 1.29 is 29.2 Å². The quantitative estimate of drug-likeness (QED) is 0.309. The van der Waals surface area contributed by atoms with Gasteiger partial charge in [0.2, 0.25) is 0 Å². The normalized spacial score (nSPS) is 21.3. The molecule has 1 fully saturated rings. The van der Waals surface area contributed by atoms with E-state index in [0.29, 0.717) is 22.6 Å². The second kappa shape index (κ2) is 10.1. The zero-order chi connectivity index (χ0) is 25.3. The monoisotopic (exact) mass is 517 g/mol. The number of carboxylic acid groups (broad SMARTS) is 1. The number of amides is 2. The number of rotatable bonds is 8. The van der Waals surface area contributed by atoms with Gasteiger partial charge in [0.05, 0.1) is 11.5 Å². The summed E-state index contributed by atoms with van der Waals surface area (Å²) >= 11 is 7.21. The smallest absolute Gasteiger partial charge is 0.352 e. The van der Waals surface area contributed by atoms with E-state index in [1.54, 1.807) is 24.3 Å². The van der Waals surface area contributed by atoms with Crippen molar-refractivity contribution in [3.8, 4) is 0 Å². The number of benzene rings is 2. The van der Waals surface area contributed by atoms with Gasteiger partial charge in [-0.2, -0.15) is 0 Å². The standard InChI is InChI=1S/C23H20ClN3O7S/c1-34-11-16-17(10-12-2-8-15(9-3-12)27(32)33)35-22-18(21(29)26(22)19(16)23(30)31)25-20(28)13-4-6-14(24)7-5-13/h2-9,17-18,22H,10-11H2,1H3,(H,25,28)(H,30,31)/t17?,18?,22-/m1/s1. The number of ether oxygens (including phenoxy) is 1. The molecule has 35 heavy (non-hydrogen) atoms. The summed E-state index contributed by atoms with van der Waals surface area (Å²) in [7, 11) is 1.43. The van der Waals surface area contributed by atoms with Gasteiger partial charge in [0.1, 0.15) is 17.1 Å². The molecule has 2 N–H and O–H groups in total. The third-order valence-electron chi connectivity index (χ3n) is 5.74. The first-order valence-corrected chi connectivity index (χ1v) is 11.8. The zero-order valence-electron chi connectivity index (χ0n) is 18.3. The molecule has 182 valence electrons. The molecule has 3 atom stereocenters. The van der Waals surface area contributed by atoms with Crippen LogP contribution in [0.1, 0.15) is 15.9 Å². The van der Waals surface area contributed by atoms with Crippen molar-refractivity contribution in [2.75, 3.05) is 13.7 Å². The Balaban J connectivity index is 1.61. The van der Waals surface area contributed by atoms with Gasteiger partial charge in [-0.15, -0.1) is 11.8 Å². The van der Waals surface area contributed by atoms with E-state index in [0.717, 1.165) is 5.56 Å². The first-order chi connectivity index (χ1) is 16.7. The molecule has 12 heteroatoms. The van der Waals surface area contributed by atoms with Crippen molar-refractivity contribution in [3.63, 3.8) is 0 Å². The van der Waals surface area contributed by atoms with E-state index < -0.39 is 39.4 Å². The minimum Gasteiger partial charge on any atom is -0.477 e. The summed E-state index contributed by atoms with van der Waals surface area (Å²) in [6.45, 7) is -0.00934. The number of non-ortho nitro benzene ring substituents is 1. The van der Waals surface area contributed by atoms with Crippen molar-refractivity contribution >= 4 is 46.8 Å². The Morgan fingerprint density at radius 3 is 2.43 bits per heavy atom. The van der Waals surface area contributed by atoms with Gasteiger partial charge in [0.25, 0.3) is 17.5 Å². The van der Waals surface area contributed by atoms with Crippen molar-refractivity contribution in [2.24, 2.45) is 0 Å². The molecule has 1 saturated heterocycles. The van der Waals surface area contributed by atoms with Gasteiger partial charge in [0.15, 0.2) is 0 Å². The first kappa shape index (κ1) is 24.7. The van der Waals surface area contributed by atoms with Crippen LogP contribution in [-0.2, 0) is 20.7 Å². The predicted octanol–water partition coefficient (Wildman–Crippen LogP) is 2.86. The summed E-state index contributed by atoms with van der Waals surface area (Å²) in [6, 6.07) is 11.3. The molecule has 0 aliphatic carbocycles. The van der Waals surface area contributed by atoms with Gasteiger partial charge < -0.3 is 15.2 Å². The average molecular weight is 518 g/mol. The molecule has 2 aliphatic heterocycles. The first-order valence-electron chi connectivity index (χ1n) is 10.4. The number of fused-ring (bicyclic) bond motifs is 1. The van der Waals surface area contributed by atoms with Crippen molar-refractivity contribution in [1.82, 2.24) is 10.2 Å². The summed E-state index contributed by atoms with van der Waals surface area (Å²) < 4.78 is 5.24. The molecule has 2 amide bonds. The van der Waals surface area contributed by atoms with Crippen LogP contribution in [0.15, 0.2) is 59.8 Å². The Morgan fingerprint density at radius 1 is 1.20 bits per heavy atom. The van der Waals surface area contributed by atoms with Gasteiger partial charge >= 0.3 is 5.97 Å². The average Bonchev–Trinajstić information content (AvgIpc) is 2.83. The molecule has 2 aromatic rings. The maximum absolute atomic E-state index is 12.9. The molecule has 0 radical (unpaired) electrons. The number of carboxylic acids is 1. The number of nitro benzene ring substituents is 1. The van der Waals surface area contributed by atoms with Crippen LogP contribution in [-0.4, -0.2) is 63.1 Å². The highest BCUT2D eigenvalue weighted by Crippen LogP contribution is 2.45. The van der Waals surface area contributed by atoms with E-state index in [4.69, 9.17) is 16.3 Å². The highest BCUT2D eigenvalue weighted by molar-refractivity contribution is 8.00. The summed E-state index contributed by atoms with van der Waals surface area (Å²) in [4.78, 5) is 49.4. The van der Waals surface area contributed by atoms with Crippen LogP contribution in [0, 0.1) is 10.1 Å². The number of hydrogen-bond donors (Lipinski definition) is 2. The molecule has 2 unspecified atom stereocenters. The molecule has 0 bridgehead atoms. The van der Waals surface area contributed by atoms with Crippen LogP contribution in [0.5, 0.6) is 0 Å². The SMILES string of the molecule is COCC1=C(C(=O)O)N2C(=O)C(NC(=O)c3ccc(Cl)cc3)[C@H]2SC1Cc1ccc([N+](=O)[O-])cc1. The number of thioether (sulfide) groups is 1. The fourth-order valence-electron chi connectivity index (χ4n) is 4.05. The van der Waals surface area contributed by atoms with Gasteiger partial charge in [-0.3, -0.25) is 24.6 Å². The second-order valence-electron chi connectivity index (χ2n) is 7.92. The molecule has 4 rings (SSSR count). The summed E-state index contributed by atoms with van der Waals surface area (Å²) in [5.41, 5.74) is 1.29. The van der Waals surface area contributed by atoms with Crippen molar-refractivity contribution in [3.05, 3.63) is 86.1 Å². The number of hydrogen-bond acceptors (Lipinski definition) is 7. The number of methoxy groups -OCH3 is 1. The third-order valence-corrected chi connectivity index (χ3v) is 7.54. The summed E-state index contributed by atoms with van der Waals surface area (Å²) in [6.07, 6.45) is 0.356. The molecular formula is C23H20ClN3O7S. The Kier molecular flexibility index (Phi) is 7.10. The third kappa shape index (κ3) is 4.88. The number of nitro groups is 1. The predicted molar refractivity (Wildman–Crippen MR) is 128 cm³/mol. The number of carbonyl (C=O) groups excluding carboxylic acids is 2. The number of nitrogens with one attached hydrogen (secondary N) is 1. The van der Waals surface area contributed by atoms with Gasteiger partial charge in [-0.25, -0.2) is 4.79 Å². The second-order valence-corrected chi connectivity index (χ2v) is 9.68. The van der Waals surface area contributed by atoms with E-state index in [9.17, 15) is 29.6 Å². The van der Waals surface area contributed by atoms with Gasteiger partial charge in [-0.1, -0.05) is 23.7 Å². The molecule has 2 aromatic carbocycles. The van der Waals surface area contributed by atoms with Crippen LogP contribution in [0.2, 0.25) is 5.02 Å². The minimum atomic E-state index is -1.27. The topological polar surface area (TPSA) is 139 Å². The van der Waals surface area contributed by atoms with E-state index in [1.807, 2.05) is 0 Å². The van der Waals surface area contributed by atoms with Crippen molar-refractivity contribution in [2.45, 2.75) is 23.1 Å². The Hall–Kier alpha value is -3.41. The van der Waals surface area contributed by atoms with Crippen LogP contribution in [0.3, 0.4) is 0 Å².